The van der Waals surface area contributed by atoms with Crippen LogP contribution in [-0.4, -0.2) is 48.3 Å². The van der Waals surface area contributed by atoms with E-state index in [1.807, 2.05) is 29.5 Å². The molecule has 1 aliphatic rings. The van der Waals surface area contributed by atoms with Crippen molar-refractivity contribution >= 4 is 73.2 Å². The number of hydrogen-bond donors (Lipinski definition) is 0. The van der Waals surface area contributed by atoms with E-state index in [1.165, 1.54) is 36.4 Å². The zero-order valence-electron chi connectivity index (χ0n) is 19.1. The zero-order valence-corrected chi connectivity index (χ0v) is 24.2. The van der Waals surface area contributed by atoms with E-state index in [-0.39, 0.29) is 20.4 Å². The molecule has 1 aliphatic carbocycles. The van der Waals surface area contributed by atoms with E-state index in [0.29, 0.717) is 16.4 Å². The molecule has 200 valence electrons. The minimum Gasteiger partial charge on any atom is -0.743 e. The fourth-order valence-corrected chi connectivity index (χ4v) is 5.76. The van der Waals surface area contributed by atoms with Gasteiger partial charge in [0.1, 0.15) is 11.2 Å². The van der Waals surface area contributed by atoms with Gasteiger partial charge in [-0.2, -0.15) is 8.78 Å². The molecule has 0 aromatic heterocycles. The molecule has 0 saturated heterocycles. The van der Waals surface area contributed by atoms with Gasteiger partial charge in [-0.1, -0.05) is 12.1 Å². The number of hydrogen-bond acceptors (Lipinski definition) is 9. The van der Waals surface area contributed by atoms with Crippen LogP contribution >= 0.6 is 45.2 Å². The Morgan fingerprint density at radius 3 is 2.14 bits per heavy atom. The summed E-state index contributed by atoms with van der Waals surface area (Å²) in [7, 11) is -6.08. The smallest absolute Gasteiger partial charge is 0.367 e. The van der Waals surface area contributed by atoms with Gasteiger partial charge in [-0.25, -0.2) is 22.8 Å². The minimum absolute atomic E-state index is 0.0643. The maximum Gasteiger partial charge on any atom is 0.367 e. The van der Waals surface area contributed by atoms with Crippen LogP contribution in [0.5, 0.6) is 5.75 Å². The number of esters is 3. The molecule has 2 aromatic rings. The molecule has 3 rings (SSSR count). The molecule has 0 N–H and O–H groups in total. The topological polar surface area (TPSA) is 136 Å². The molecule has 1 fully saturated rings. The van der Waals surface area contributed by atoms with Gasteiger partial charge in [-0.05, 0) is 102 Å². The Morgan fingerprint density at radius 1 is 1.00 bits per heavy atom. The van der Waals surface area contributed by atoms with E-state index in [9.17, 15) is 36.1 Å². The Hall–Kier alpha value is -1.92. The summed E-state index contributed by atoms with van der Waals surface area (Å²) in [5.41, 5.74) is -1.35. The molecule has 37 heavy (non-hydrogen) atoms. The van der Waals surface area contributed by atoms with Crippen molar-refractivity contribution in [3.8, 4) is 5.75 Å². The van der Waals surface area contributed by atoms with E-state index in [1.54, 1.807) is 22.6 Å². The summed E-state index contributed by atoms with van der Waals surface area (Å²) in [6, 6.07) is 8.41. The van der Waals surface area contributed by atoms with Crippen LogP contribution in [0.3, 0.4) is 0 Å². The third-order valence-electron chi connectivity index (χ3n) is 5.53. The predicted molar refractivity (Wildman–Crippen MR) is 140 cm³/mol. The van der Waals surface area contributed by atoms with Gasteiger partial charge in [0.25, 0.3) is 0 Å². The SMILES string of the molecule is CC1(OC(=O)c2ccccc2C(=O)Oc2c(I)cc(I)cc2C(=O)OCC(F)(F)S(=O)(=O)[O-])CCCC1. The molecule has 0 atom stereocenters. The summed E-state index contributed by atoms with van der Waals surface area (Å²) in [6.07, 6.45) is 3.18. The first-order valence-corrected chi connectivity index (χ1v) is 14.2. The summed E-state index contributed by atoms with van der Waals surface area (Å²) in [5.74, 6) is -3.58. The van der Waals surface area contributed by atoms with Gasteiger partial charge in [-0.3, -0.25) is 0 Å². The first-order valence-electron chi connectivity index (χ1n) is 10.7. The molecule has 0 bridgehead atoms. The predicted octanol–water partition coefficient (Wildman–Crippen LogP) is 4.90. The first-order chi connectivity index (χ1) is 17.1. The average molecular weight is 763 g/mol. The van der Waals surface area contributed by atoms with Gasteiger partial charge in [0.15, 0.2) is 22.5 Å². The number of alkyl halides is 2. The van der Waals surface area contributed by atoms with E-state index in [2.05, 4.69) is 4.74 Å². The van der Waals surface area contributed by atoms with Gasteiger partial charge in [0.05, 0.1) is 14.7 Å². The zero-order chi connectivity index (χ0) is 27.6. The highest BCUT2D eigenvalue weighted by Gasteiger charge is 2.40. The highest BCUT2D eigenvalue weighted by molar-refractivity contribution is 14.1. The third kappa shape index (κ3) is 7.14. The van der Waals surface area contributed by atoms with Crippen molar-refractivity contribution in [3.05, 3.63) is 60.2 Å². The fourth-order valence-electron chi connectivity index (χ4n) is 3.61. The molecule has 2 aromatic carbocycles. The third-order valence-corrected chi connectivity index (χ3v) is 7.80. The highest BCUT2D eigenvalue weighted by Crippen LogP contribution is 2.34. The standard InChI is InChI=1S/C23H20F2I2O9S/c1-22(8-4-5-9-22)36-21(30)15-7-3-2-6-14(15)20(29)35-18-16(10-13(26)11-17(18)27)19(28)34-12-23(24,25)37(31,32)33/h2-3,6-7,10-11H,4-5,8-9,12H2,1H3,(H,31,32,33)/p-1. The largest absolute Gasteiger partial charge is 0.743 e. The normalized spacial score (nSPS) is 15.2. The number of carbonyl (C=O) groups excluding carboxylic acids is 3. The summed E-state index contributed by atoms with van der Waals surface area (Å²) in [6.45, 7) is -0.215. The highest BCUT2D eigenvalue weighted by atomic mass is 127. The van der Waals surface area contributed by atoms with Crippen LogP contribution in [0.15, 0.2) is 36.4 Å². The van der Waals surface area contributed by atoms with Gasteiger partial charge < -0.3 is 18.8 Å². The molecule has 0 spiro atoms. The second kappa shape index (κ2) is 11.4. The number of halogens is 4. The van der Waals surface area contributed by atoms with Gasteiger partial charge in [-0.15, -0.1) is 0 Å². The number of ether oxygens (including phenoxy) is 3. The minimum atomic E-state index is -6.08. The molecule has 1 saturated carbocycles. The van der Waals surface area contributed by atoms with Crippen LogP contribution in [0.2, 0.25) is 0 Å². The molecule has 0 radical (unpaired) electrons. The lowest BCUT2D eigenvalue weighted by molar-refractivity contribution is -0.0102. The molecular weight excluding hydrogens is 744 g/mol. The van der Waals surface area contributed by atoms with Gasteiger partial charge in [0, 0.05) is 3.57 Å². The Labute approximate surface area is 238 Å². The quantitative estimate of drug-likeness (QED) is 0.159. The lowest BCUT2D eigenvalue weighted by Gasteiger charge is -2.24. The number of benzene rings is 2. The molecule has 0 aliphatic heterocycles. The Morgan fingerprint density at radius 2 is 1.57 bits per heavy atom. The van der Waals surface area contributed by atoms with Crippen LogP contribution in [0, 0.1) is 7.14 Å². The van der Waals surface area contributed by atoms with Crippen molar-refractivity contribution in [1.29, 1.82) is 0 Å². The first kappa shape index (κ1) is 29.6. The second-order valence-electron chi connectivity index (χ2n) is 8.41. The molecule has 9 nitrogen and oxygen atoms in total. The van der Waals surface area contributed by atoms with Crippen LogP contribution in [0.25, 0.3) is 0 Å². The fraction of sp³-hybridized carbons (Fsp3) is 0.348. The Bertz CT molecular complexity index is 1340. The maximum absolute atomic E-state index is 13.5. The summed E-state index contributed by atoms with van der Waals surface area (Å²) >= 11 is 3.55. The lowest BCUT2D eigenvalue weighted by atomic mass is 10.0. The summed E-state index contributed by atoms with van der Waals surface area (Å²) < 4.78 is 75.1. The number of rotatable bonds is 8. The molecular formula is C23H19F2I2O9S-. The van der Waals surface area contributed by atoms with Crippen molar-refractivity contribution < 1.29 is 50.3 Å². The van der Waals surface area contributed by atoms with Gasteiger partial charge >= 0.3 is 23.2 Å². The van der Waals surface area contributed by atoms with Crippen molar-refractivity contribution in [3.63, 3.8) is 0 Å². The Kier molecular flexibility index (Phi) is 9.17. The van der Waals surface area contributed by atoms with Crippen molar-refractivity contribution in [2.24, 2.45) is 0 Å². The van der Waals surface area contributed by atoms with E-state index in [0.717, 1.165) is 12.8 Å². The maximum atomic E-state index is 13.5. The van der Waals surface area contributed by atoms with Gasteiger partial charge in [0.2, 0.25) is 0 Å². The van der Waals surface area contributed by atoms with Crippen LogP contribution < -0.4 is 4.74 Å². The van der Waals surface area contributed by atoms with Crippen molar-refractivity contribution in [2.75, 3.05) is 6.61 Å². The average Bonchev–Trinajstić information content (AvgIpc) is 3.23. The van der Waals surface area contributed by atoms with Crippen LogP contribution in [0.4, 0.5) is 8.78 Å². The monoisotopic (exact) mass is 763 g/mol. The summed E-state index contributed by atoms with van der Waals surface area (Å²) in [4.78, 5) is 38.5. The molecule has 14 heteroatoms. The van der Waals surface area contributed by atoms with E-state index >= 15 is 0 Å². The second-order valence-corrected chi connectivity index (χ2v) is 12.3. The van der Waals surface area contributed by atoms with E-state index < -0.39 is 51.1 Å². The lowest BCUT2D eigenvalue weighted by Crippen LogP contribution is -2.34. The molecule has 0 heterocycles. The molecule has 0 unspecified atom stereocenters. The Balaban J connectivity index is 1.88. The van der Waals surface area contributed by atoms with Crippen molar-refractivity contribution in [1.82, 2.24) is 0 Å². The van der Waals surface area contributed by atoms with E-state index in [4.69, 9.17) is 9.47 Å². The van der Waals surface area contributed by atoms with Crippen LogP contribution in [-0.2, 0) is 19.6 Å². The van der Waals surface area contributed by atoms with Crippen LogP contribution in [0.1, 0.15) is 63.7 Å². The molecule has 0 amide bonds. The summed E-state index contributed by atoms with van der Waals surface area (Å²) in [5, 5.41) is -4.86. The number of carbonyl (C=O) groups is 3. The van der Waals surface area contributed by atoms with Crippen molar-refractivity contribution in [2.45, 2.75) is 43.5 Å².